The summed E-state index contributed by atoms with van der Waals surface area (Å²) < 4.78 is 10.9. The molecule has 0 saturated heterocycles. The summed E-state index contributed by atoms with van der Waals surface area (Å²) in [6.45, 7) is 6.58. The van der Waals surface area contributed by atoms with Crippen molar-refractivity contribution in [3.8, 4) is 11.5 Å². The van der Waals surface area contributed by atoms with Crippen LogP contribution in [0.5, 0.6) is 11.5 Å². The number of rotatable bonds is 12. The monoisotopic (exact) mass is 426 g/mol. The van der Waals surface area contributed by atoms with E-state index in [1.807, 2.05) is 75.4 Å². The normalized spacial score (nSPS) is 11.6. The summed E-state index contributed by atoms with van der Waals surface area (Å²) in [5, 5.41) is 2.94. The number of benzene rings is 2. The Kier molecular flexibility index (Phi) is 9.88. The fourth-order valence-corrected chi connectivity index (χ4v) is 3.30. The molecular formula is C25H34N2O4. The van der Waals surface area contributed by atoms with Gasteiger partial charge in [-0.15, -0.1) is 0 Å². The summed E-state index contributed by atoms with van der Waals surface area (Å²) in [5.74, 6) is 1.36. The van der Waals surface area contributed by atoms with Crippen molar-refractivity contribution in [2.45, 2.75) is 58.7 Å². The molecule has 31 heavy (non-hydrogen) atoms. The second-order valence-electron chi connectivity index (χ2n) is 7.72. The lowest BCUT2D eigenvalue weighted by atomic mass is 10.1. The Hall–Kier alpha value is -3.02. The van der Waals surface area contributed by atoms with Crippen LogP contribution in [0, 0.1) is 0 Å². The van der Waals surface area contributed by atoms with Crippen LogP contribution in [0.25, 0.3) is 0 Å². The van der Waals surface area contributed by atoms with Crippen molar-refractivity contribution < 1.29 is 19.1 Å². The number of hydrogen-bond acceptors (Lipinski definition) is 4. The van der Waals surface area contributed by atoms with Gasteiger partial charge in [0, 0.05) is 19.0 Å². The topological polar surface area (TPSA) is 67.9 Å². The van der Waals surface area contributed by atoms with Gasteiger partial charge in [-0.3, -0.25) is 9.59 Å². The molecule has 6 nitrogen and oxygen atoms in total. The van der Waals surface area contributed by atoms with Crippen LogP contribution in [0.4, 0.5) is 0 Å². The molecule has 0 aromatic heterocycles. The fraction of sp³-hybridized carbons (Fsp3) is 0.440. The van der Waals surface area contributed by atoms with Gasteiger partial charge in [-0.1, -0.05) is 37.3 Å². The van der Waals surface area contributed by atoms with Crippen LogP contribution >= 0.6 is 0 Å². The van der Waals surface area contributed by atoms with E-state index in [0.29, 0.717) is 32.4 Å². The van der Waals surface area contributed by atoms with Crippen LogP contribution in [0.3, 0.4) is 0 Å². The third kappa shape index (κ3) is 7.96. The molecule has 0 spiro atoms. The summed E-state index contributed by atoms with van der Waals surface area (Å²) in [6, 6.07) is 16.6. The molecule has 0 heterocycles. The van der Waals surface area contributed by atoms with Gasteiger partial charge < -0.3 is 19.7 Å². The largest absolute Gasteiger partial charge is 0.497 e. The Morgan fingerprint density at radius 3 is 2.26 bits per heavy atom. The number of nitrogens with zero attached hydrogens (tertiary/aromatic N) is 1. The molecule has 2 aromatic rings. The molecule has 168 valence electrons. The maximum atomic E-state index is 13.1. The SMILES string of the molecule is CC[C@@H](C(=O)NC(C)C)N(Cc1ccc(OC)cc1)C(=O)CCCOc1ccccc1. The third-order valence-corrected chi connectivity index (χ3v) is 4.88. The van der Waals surface area contributed by atoms with Crippen molar-refractivity contribution in [3.63, 3.8) is 0 Å². The number of nitrogens with one attached hydrogen (secondary N) is 1. The van der Waals surface area contributed by atoms with E-state index in [2.05, 4.69) is 5.32 Å². The molecule has 6 heteroatoms. The lowest BCUT2D eigenvalue weighted by Gasteiger charge is -2.31. The molecular weight excluding hydrogens is 392 g/mol. The van der Waals surface area contributed by atoms with Gasteiger partial charge >= 0.3 is 0 Å². The number of carbonyl (C=O) groups is 2. The number of methoxy groups -OCH3 is 1. The van der Waals surface area contributed by atoms with E-state index in [1.54, 1.807) is 12.0 Å². The van der Waals surface area contributed by atoms with Crippen LogP contribution in [-0.4, -0.2) is 42.5 Å². The van der Waals surface area contributed by atoms with E-state index < -0.39 is 6.04 Å². The molecule has 0 aliphatic heterocycles. The van der Waals surface area contributed by atoms with E-state index in [-0.39, 0.29) is 17.9 Å². The lowest BCUT2D eigenvalue weighted by Crippen LogP contribution is -2.50. The smallest absolute Gasteiger partial charge is 0.243 e. The third-order valence-electron chi connectivity index (χ3n) is 4.88. The molecule has 1 atom stereocenters. The van der Waals surface area contributed by atoms with Crippen LogP contribution in [0.15, 0.2) is 54.6 Å². The van der Waals surface area contributed by atoms with Gasteiger partial charge in [0.1, 0.15) is 17.5 Å². The number of carbonyl (C=O) groups excluding carboxylic acids is 2. The highest BCUT2D eigenvalue weighted by Gasteiger charge is 2.28. The molecule has 0 unspecified atom stereocenters. The molecule has 0 radical (unpaired) electrons. The molecule has 2 aromatic carbocycles. The Bertz CT molecular complexity index is 806. The first-order chi connectivity index (χ1) is 14.9. The number of ether oxygens (including phenoxy) is 2. The summed E-state index contributed by atoms with van der Waals surface area (Å²) >= 11 is 0. The standard InChI is InChI=1S/C25H34N2O4/c1-5-23(25(29)26-19(2)3)27(18-20-13-15-21(30-4)16-14-20)24(28)12-9-17-31-22-10-7-6-8-11-22/h6-8,10-11,13-16,19,23H,5,9,12,17-18H2,1-4H3,(H,26,29)/t23-/m0/s1. The number of para-hydroxylation sites is 1. The Balaban J connectivity index is 2.06. The van der Waals surface area contributed by atoms with E-state index in [0.717, 1.165) is 17.1 Å². The van der Waals surface area contributed by atoms with Crippen molar-refractivity contribution in [2.75, 3.05) is 13.7 Å². The van der Waals surface area contributed by atoms with Gasteiger partial charge in [0.05, 0.1) is 13.7 Å². The lowest BCUT2D eigenvalue weighted by molar-refractivity contribution is -0.141. The van der Waals surface area contributed by atoms with E-state index in [1.165, 1.54) is 0 Å². The van der Waals surface area contributed by atoms with E-state index in [9.17, 15) is 9.59 Å². The van der Waals surface area contributed by atoms with Gasteiger partial charge in [0.2, 0.25) is 11.8 Å². The predicted molar refractivity (Wildman–Crippen MR) is 122 cm³/mol. The van der Waals surface area contributed by atoms with Crippen molar-refractivity contribution in [2.24, 2.45) is 0 Å². The van der Waals surface area contributed by atoms with E-state index >= 15 is 0 Å². The molecule has 1 N–H and O–H groups in total. The molecule has 0 saturated carbocycles. The average molecular weight is 427 g/mol. The molecule has 0 aliphatic rings. The molecule has 2 amide bonds. The highest BCUT2D eigenvalue weighted by molar-refractivity contribution is 5.87. The zero-order valence-corrected chi connectivity index (χ0v) is 19.0. The average Bonchev–Trinajstić information content (AvgIpc) is 2.77. The van der Waals surface area contributed by atoms with Crippen LogP contribution in [0.2, 0.25) is 0 Å². The summed E-state index contributed by atoms with van der Waals surface area (Å²) in [5.41, 5.74) is 0.950. The summed E-state index contributed by atoms with van der Waals surface area (Å²) in [7, 11) is 1.62. The second-order valence-corrected chi connectivity index (χ2v) is 7.72. The van der Waals surface area contributed by atoms with Crippen LogP contribution < -0.4 is 14.8 Å². The van der Waals surface area contributed by atoms with Crippen molar-refractivity contribution >= 4 is 11.8 Å². The molecule has 0 aliphatic carbocycles. The van der Waals surface area contributed by atoms with Gasteiger partial charge in [-0.2, -0.15) is 0 Å². The maximum Gasteiger partial charge on any atom is 0.243 e. The van der Waals surface area contributed by atoms with E-state index in [4.69, 9.17) is 9.47 Å². The minimum absolute atomic E-state index is 0.0127. The van der Waals surface area contributed by atoms with Crippen molar-refractivity contribution in [1.82, 2.24) is 10.2 Å². The van der Waals surface area contributed by atoms with Gasteiger partial charge in [0.15, 0.2) is 0 Å². The predicted octanol–water partition coefficient (Wildman–Crippen LogP) is 4.19. The van der Waals surface area contributed by atoms with Gasteiger partial charge in [-0.05, 0) is 56.5 Å². The first-order valence-electron chi connectivity index (χ1n) is 10.8. The highest BCUT2D eigenvalue weighted by atomic mass is 16.5. The summed E-state index contributed by atoms with van der Waals surface area (Å²) in [6.07, 6.45) is 1.44. The minimum Gasteiger partial charge on any atom is -0.497 e. The Morgan fingerprint density at radius 2 is 1.68 bits per heavy atom. The zero-order chi connectivity index (χ0) is 22.6. The van der Waals surface area contributed by atoms with Gasteiger partial charge in [0.25, 0.3) is 0 Å². The highest BCUT2D eigenvalue weighted by Crippen LogP contribution is 2.18. The first kappa shape index (κ1) is 24.3. The Morgan fingerprint density at radius 1 is 1.00 bits per heavy atom. The van der Waals surface area contributed by atoms with Crippen molar-refractivity contribution in [1.29, 1.82) is 0 Å². The molecule has 0 fully saturated rings. The molecule has 0 bridgehead atoms. The van der Waals surface area contributed by atoms with Gasteiger partial charge in [-0.25, -0.2) is 0 Å². The maximum absolute atomic E-state index is 13.1. The Labute approximate surface area is 185 Å². The quantitative estimate of drug-likeness (QED) is 0.517. The number of hydrogen-bond donors (Lipinski definition) is 1. The van der Waals surface area contributed by atoms with Crippen LogP contribution in [-0.2, 0) is 16.1 Å². The number of amides is 2. The zero-order valence-electron chi connectivity index (χ0n) is 19.0. The van der Waals surface area contributed by atoms with Crippen LogP contribution in [0.1, 0.15) is 45.6 Å². The fourth-order valence-electron chi connectivity index (χ4n) is 3.30. The summed E-state index contributed by atoms with van der Waals surface area (Å²) in [4.78, 5) is 27.6. The minimum atomic E-state index is -0.521. The second kappa shape index (κ2) is 12.6. The van der Waals surface area contributed by atoms with Crippen molar-refractivity contribution in [3.05, 3.63) is 60.2 Å². The first-order valence-corrected chi connectivity index (χ1v) is 10.8. The molecule has 2 rings (SSSR count).